The summed E-state index contributed by atoms with van der Waals surface area (Å²) in [5, 5.41) is 0.747. The van der Waals surface area contributed by atoms with Crippen LogP contribution in [0, 0.1) is 0 Å². The van der Waals surface area contributed by atoms with Gasteiger partial charge >= 0.3 is 6.09 Å². The van der Waals surface area contributed by atoms with Crippen molar-refractivity contribution in [2.24, 2.45) is 5.73 Å². The maximum atomic E-state index is 12.5. The van der Waals surface area contributed by atoms with Gasteiger partial charge in [-0.2, -0.15) is 0 Å². The molecule has 2 aliphatic rings. The van der Waals surface area contributed by atoms with Crippen LogP contribution >= 0.6 is 11.6 Å². The van der Waals surface area contributed by atoms with Gasteiger partial charge in [0.25, 0.3) is 0 Å². The highest BCUT2D eigenvalue weighted by Gasteiger charge is 2.42. The molecule has 142 valence electrons. The summed E-state index contributed by atoms with van der Waals surface area (Å²) in [6, 6.07) is 18.2. The molecule has 4 rings (SSSR count). The smallest absolute Gasteiger partial charge is 0.410 e. The van der Waals surface area contributed by atoms with E-state index in [1.165, 1.54) is 5.56 Å². The molecule has 2 fully saturated rings. The molecular weight excluding hydrogens is 360 g/mol. The number of halogens is 1. The number of nitrogens with two attached hydrogens (primary N) is 1. The van der Waals surface area contributed by atoms with E-state index in [2.05, 4.69) is 6.07 Å². The van der Waals surface area contributed by atoms with Gasteiger partial charge in [-0.25, -0.2) is 4.79 Å². The summed E-state index contributed by atoms with van der Waals surface area (Å²) in [5.74, 6) is 0. The molecule has 0 spiro atoms. The fourth-order valence-electron chi connectivity index (χ4n) is 4.51. The Morgan fingerprint density at radius 3 is 2.52 bits per heavy atom. The van der Waals surface area contributed by atoms with E-state index in [0.717, 1.165) is 36.3 Å². The first kappa shape index (κ1) is 18.3. The first-order valence-corrected chi connectivity index (χ1v) is 9.97. The average molecular weight is 385 g/mol. The lowest BCUT2D eigenvalue weighted by Crippen LogP contribution is -2.45. The molecule has 1 aliphatic heterocycles. The third-order valence-electron chi connectivity index (χ3n) is 6.19. The van der Waals surface area contributed by atoms with Gasteiger partial charge in [0.1, 0.15) is 6.10 Å². The van der Waals surface area contributed by atoms with Gasteiger partial charge in [0.2, 0.25) is 0 Å². The number of rotatable bonds is 4. The summed E-state index contributed by atoms with van der Waals surface area (Å²) in [4.78, 5) is 14.4. The highest BCUT2D eigenvalue weighted by Crippen LogP contribution is 2.42. The molecule has 27 heavy (non-hydrogen) atoms. The van der Waals surface area contributed by atoms with Crippen molar-refractivity contribution in [1.29, 1.82) is 0 Å². The van der Waals surface area contributed by atoms with Gasteiger partial charge in [-0.15, -0.1) is 0 Å². The van der Waals surface area contributed by atoms with Crippen LogP contribution in [-0.4, -0.2) is 30.1 Å². The van der Waals surface area contributed by atoms with Crippen LogP contribution in [0.2, 0.25) is 5.02 Å². The highest BCUT2D eigenvalue weighted by atomic mass is 35.5. The van der Waals surface area contributed by atoms with Crippen LogP contribution in [0.4, 0.5) is 4.79 Å². The highest BCUT2D eigenvalue weighted by molar-refractivity contribution is 6.30. The van der Waals surface area contributed by atoms with E-state index in [0.29, 0.717) is 13.1 Å². The molecule has 2 aromatic carbocycles. The minimum atomic E-state index is -0.197. The monoisotopic (exact) mass is 384 g/mol. The lowest BCUT2D eigenvalue weighted by atomic mass is 9.68. The Hall–Kier alpha value is -2.04. The number of amides is 1. The maximum Gasteiger partial charge on any atom is 0.410 e. The van der Waals surface area contributed by atoms with E-state index < -0.39 is 0 Å². The van der Waals surface area contributed by atoms with Crippen molar-refractivity contribution in [3.63, 3.8) is 0 Å². The van der Waals surface area contributed by atoms with Crippen molar-refractivity contribution in [1.82, 2.24) is 4.90 Å². The summed E-state index contributed by atoms with van der Waals surface area (Å²) in [7, 11) is 0. The molecule has 1 amide bonds. The van der Waals surface area contributed by atoms with Gasteiger partial charge < -0.3 is 15.4 Å². The number of ether oxygens (including phenoxy) is 1. The Kier molecular flexibility index (Phi) is 5.11. The molecule has 1 saturated heterocycles. The molecule has 4 nitrogen and oxygen atoms in total. The van der Waals surface area contributed by atoms with E-state index in [4.69, 9.17) is 22.1 Å². The second kappa shape index (κ2) is 7.53. The minimum absolute atomic E-state index is 0.0517. The molecule has 0 bridgehead atoms. The third kappa shape index (κ3) is 3.56. The number of benzene rings is 2. The predicted molar refractivity (Wildman–Crippen MR) is 107 cm³/mol. The quantitative estimate of drug-likeness (QED) is 0.833. The Morgan fingerprint density at radius 1 is 1.11 bits per heavy atom. The third-order valence-corrected chi connectivity index (χ3v) is 6.43. The van der Waals surface area contributed by atoms with Crippen LogP contribution in [0.1, 0.15) is 42.9 Å². The van der Waals surface area contributed by atoms with Gasteiger partial charge in [-0.1, -0.05) is 54.1 Å². The van der Waals surface area contributed by atoms with Gasteiger partial charge in [0, 0.05) is 23.0 Å². The molecule has 1 aliphatic carbocycles. The fraction of sp³-hybridized carbons (Fsp3) is 0.409. The summed E-state index contributed by atoms with van der Waals surface area (Å²) in [6.07, 6.45) is 3.40. The van der Waals surface area contributed by atoms with Crippen molar-refractivity contribution in [2.75, 3.05) is 13.1 Å². The Balaban J connectivity index is 1.45. The summed E-state index contributed by atoms with van der Waals surface area (Å²) in [5.41, 5.74) is 8.41. The Bertz CT molecular complexity index is 803. The van der Waals surface area contributed by atoms with E-state index in [1.807, 2.05) is 53.4 Å². The molecule has 5 heteroatoms. The molecule has 1 atom stereocenters. The second-order valence-electron chi connectivity index (χ2n) is 7.66. The van der Waals surface area contributed by atoms with Crippen molar-refractivity contribution in [2.45, 2.75) is 43.2 Å². The zero-order valence-electron chi connectivity index (χ0n) is 15.3. The lowest BCUT2D eigenvalue weighted by Gasteiger charge is -2.42. The molecule has 1 saturated carbocycles. The minimum Gasteiger partial charge on any atom is -0.439 e. The molecule has 2 N–H and O–H groups in total. The SMILES string of the molecule is NCC1(c2cccc(Cl)c2)CCC(N2CC(c3ccccc3)OC2=O)CC1. The first-order chi connectivity index (χ1) is 13.1. The normalized spacial score (nSPS) is 28.2. The largest absolute Gasteiger partial charge is 0.439 e. The Morgan fingerprint density at radius 2 is 1.85 bits per heavy atom. The lowest BCUT2D eigenvalue weighted by molar-refractivity contribution is 0.117. The van der Waals surface area contributed by atoms with Gasteiger partial charge in [-0.3, -0.25) is 0 Å². The summed E-state index contributed by atoms with van der Waals surface area (Å²) in [6.45, 7) is 1.22. The van der Waals surface area contributed by atoms with Gasteiger partial charge in [0.15, 0.2) is 0 Å². The molecule has 2 aromatic rings. The summed E-state index contributed by atoms with van der Waals surface area (Å²) < 4.78 is 5.64. The predicted octanol–water partition coefficient (Wildman–Crippen LogP) is 4.67. The fourth-order valence-corrected chi connectivity index (χ4v) is 4.71. The zero-order chi connectivity index (χ0) is 18.9. The van der Waals surface area contributed by atoms with E-state index in [9.17, 15) is 4.79 Å². The topological polar surface area (TPSA) is 55.6 Å². The summed E-state index contributed by atoms with van der Waals surface area (Å²) >= 11 is 6.20. The van der Waals surface area contributed by atoms with E-state index in [1.54, 1.807) is 0 Å². The van der Waals surface area contributed by atoms with Crippen LogP contribution in [0.5, 0.6) is 0 Å². The molecule has 1 heterocycles. The number of cyclic esters (lactones) is 1. The van der Waals surface area contributed by atoms with Crippen molar-refractivity contribution in [3.05, 3.63) is 70.7 Å². The van der Waals surface area contributed by atoms with Gasteiger partial charge in [-0.05, 0) is 48.9 Å². The van der Waals surface area contributed by atoms with Crippen LogP contribution < -0.4 is 5.73 Å². The maximum absolute atomic E-state index is 12.5. The van der Waals surface area contributed by atoms with E-state index >= 15 is 0 Å². The van der Waals surface area contributed by atoms with Crippen LogP contribution in [0.15, 0.2) is 54.6 Å². The number of carbonyl (C=O) groups excluding carboxylic acids is 1. The molecule has 1 unspecified atom stereocenters. The average Bonchev–Trinajstić information content (AvgIpc) is 3.10. The number of hydrogen-bond acceptors (Lipinski definition) is 3. The van der Waals surface area contributed by atoms with Crippen molar-refractivity contribution >= 4 is 17.7 Å². The van der Waals surface area contributed by atoms with Gasteiger partial charge in [0.05, 0.1) is 6.54 Å². The first-order valence-electron chi connectivity index (χ1n) is 9.60. The molecule has 0 radical (unpaired) electrons. The van der Waals surface area contributed by atoms with E-state index in [-0.39, 0.29) is 23.7 Å². The molecular formula is C22H25ClN2O2. The zero-order valence-corrected chi connectivity index (χ0v) is 16.1. The second-order valence-corrected chi connectivity index (χ2v) is 8.10. The Labute approximate surface area is 165 Å². The van der Waals surface area contributed by atoms with Crippen LogP contribution in [0.25, 0.3) is 0 Å². The van der Waals surface area contributed by atoms with Crippen LogP contribution in [-0.2, 0) is 10.2 Å². The number of carbonyl (C=O) groups is 1. The molecule has 0 aromatic heterocycles. The van der Waals surface area contributed by atoms with Crippen molar-refractivity contribution in [3.8, 4) is 0 Å². The standard InChI is InChI=1S/C22H25ClN2O2/c23-18-8-4-7-17(13-18)22(15-24)11-9-19(10-12-22)25-14-20(27-21(25)26)16-5-2-1-3-6-16/h1-8,13,19-20H,9-12,14-15,24H2. The van der Waals surface area contributed by atoms with Crippen molar-refractivity contribution < 1.29 is 9.53 Å². The van der Waals surface area contributed by atoms with Crippen LogP contribution in [0.3, 0.4) is 0 Å². The number of hydrogen-bond donors (Lipinski definition) is 1. The number of nitrogens with zero attached hydrogens (tertiary/aromatic N) is 1.